The van der Waals surface area contributed by atoms with Gasteiger partial charge in [0.25, 0.3) is 0 Å². The third kappa shape index (κ3) is 3.23. The third-order valence-electron chi connectivity index (χ3n) is 5.67. The lowest BCUT2D eigenvalue weighted by molar-refractivity contribution is 0.602. The zero-order chi connectivity index (χ0) is 19.6. The Morgan fingerprint density at radius 1 is 0.724 bits per heavy atom. The van der Waals surface area contributed by atoms with Crippen molar-refractivity contribution < 1.29 is 0 Å². The fraction of sp³-hybridized carbons (Fsp3) is 0.250. The van der Waals surface area contributed by atoms with E-state index in [1.54, 1.807) is 0 Å². The number of nitrogens with zero attached hydrogens (tertiary/aromatic N) is 5. The highest BCUT2D eigenvalue weighted by Gasteiger charge is 2.13. The SMILES string of the molecule is CCCCCCn1c2ccc(-n3ccnc3)cc2c2cc(-n3ccnc3)ccc21. The van der Waals surface area contributed by atoms with E-state index in [9.17, 15) is 0 Å². The zero-order valence-corrected chi connectivity index (χ0v) is 16.7. The van der Waals surface area contributed by atoms with E-state index in [0.717, 1.165) is 17.9 Å². The molecule has 0 aliphatic rings. The van der Waals surface area contributed by atoms with Crippen molar-refractivity contribution in [3.05, 3.63) is 73.8 Å². The van der Waals surface area contributed by atoms with Crippen LogP contribution in [-0.2, 0) is 6.54 Å². The minimum atomic E-state index is 1.05. The lowest BCUT2D eigenvalue weighted by atomic mass is 10.1. The molecule has 5 rings (SSSR count). The van der Waals surface area contributed by atoms with Crippen molar-refractivity contribution >= 4 is 21.8 Å². The van der Waals surface area contributed by atoms with Gasteiger partial charge in [-0.2, -0.15) is 0 Å². The molecule has 0 atom stereocenters. The molecule has 5 nitrogen and oxygen atoms in total. The third-order valence-corrected chi connectivity index (χ3v) is 5.67. The molecule has 0 spiro atoms. The molecule has 0 bridgehead atoms. The Kier molecular flexibility index (Phi) is 4.64. The van der Waals surface area contributed by atoms with Gasteiger partial charge in [0.1, 0.15) is 0 Å². The molecule has 0 aliphatic carbocycles. The molecule has 3 heterocycles. The summed E-state index contributed by atoms with van der Waals surface area (Å²) in [5, 5.41) is 2.56. The summed E-state index contributed by atoms with van der Waals surface area (Å²) in [7, 11) is 0. The van der Waals surface area contributed by atoms with E-state index in [1.165, 1.54) is 47.5 Å². The minimum absolute atomic E-state index is 1.05. The summed E-state index contributed by atoms with van der Waals surface area (Å²) >= 11 is 0. The first-order valence-corrected chi connectivity index (χ1v) is 10.4. The molecule has 0 radical (unpaired) electrons. The number of aryl methyl sites for hydroxylation is 1. The van der Waals surface area contributed by atoms with Crippen LogP contribution in [0.1, 0.15) is 32.6 Å². The molecule has 0 unspecified atom stereocenters. The summed E-state index contributed by atoms with van der Waals surface area (Å²) in [5.74, 6) is 0. The van der Waals surface area contributed by atoms with Crippen LogP contribution in [0.3, 0.4) is 0 Å². The van der Waals surface area contributed by atoms with E-state index in [4.69, 9.17) is 0 Å². The van der Waals surface area contributed by atoms with E-state index in [0.29, 0.717) is 0 Å². The Hall–Kier alpha value is -3.34. The molecule has 3 aromatic heterocycles. The normalized spacial score (nSPS) is 11.6. The van der Waals surface area contributed by atoms with Crippen LogP contribution in [0.4, 0.5) is 0 Å². The Morgan fingerprint density at radius 3 is 1.79 bits per heavy atom. The lowest BCUT2D eigenvalue weighted by Gasteiger charge is -2.08. The van der Waals surface area contributed by atoms with Gasteiger partial charge >= 0.3 is 0 Å². The molecule has 0 fully saturated rings. The number of hydrogen-bond donors (Lipinski definition) is 0. The van der Waals surface area contributed by atoms with Gasteiger partial charge in [-0.1, -0.05) is 26.2 Å². The zero-order valence-electron chi connectivity index (χ0n) is 16.7. The molecule has 5 aromatic rings. The summed E-state index contributed by atoms with van der Waals surface area (Å²) in [6, 6.07) is 13.4. The highest BCUT2D eigenvalue weighted by molar-refractivity contribution is 6.09. The van der Waals surface area contributed by atoms with E-state index in [2.05, 4.69) is 67.0 Å². The summed E-state index contributed by atoms with van der Waals surface area (Å²) < 4.78 is 6.60. The highest BCUT2D eigenvalue weighted by atomic mass is 15.0. The first kappa shape index (κ1) is 17.7. The second kappa shape index (κ2) is 7.59. The number of benzene rings is 2. The smallest absolute Gasteiger partial charge is 0.0991 e. The Balaban J connectivity index is 1.67. The Bertz CT molecular complexity index is 1140. The first-order valence-electron chi connectivity index (χ1n) is 10.4. The molecular formula is C24H25N5. The average molecular weight is 383 g/mol. The number of fused-ring (bicyclic) bond motifs is 3. The molecule has 0 aliphatic heterocycles. The van der Waals surface area contributed by atoms with Gasteiger partial charge in [-0.15, -0.1) is 0 Å². The number of aromatic nitrogens is 5. The number of imidazole rings is 2. The van der Waals surface area contributed by atoms with Gasteiger partial charge in [-0.25, -0.2) is 9.97 Å². The summed E-state index contributed by atoms with van der Waals surface area (Å²) in [4.78, 5) is 8.40. The quantitative estimate of drug-likeness (QED) is 0.336. The standard InChI is InChI=1S/C24H25N5/c1-2-3-4-5-12-29-23-8-6-19(27-13-10-25-17-27)15-21(23)22-16-20(7-9-24(22)29)28-14-11-26-18-28/h6-11,13-18H,2-5,12H2,1H3. The van der Waals surface area contributed by atoms with Crippen molar-refractivity contribution in [3.63, 3.8) is 0 Å². The van der Waals surface area contributed by atoms with Crippen LogP contribution in [0.15, 0.2) is 73.8 Å². The molecule has 5 heteroatoms. The van der Waals surface area contributed by atoms with Crippen LogP contribution >= 0.6 is 0 Å². The highest BCUT2D eigenvalue weighted by Crippen LogP contribution is 2.32. The average Bonchev–Trinajstić information content (AvgIpc) is 3.52. The first-order chi connectivity index (χ1) is 14.3. The molecule has 29 heavy (non-hydrogen) atoms. The van der Waals surface area contributed by atoms with Crippen molar-refractivity contribution in [1.29, 1.82) is 0 Å². The molecule has 0 amide bonds. The minimum Gasteiger partial charge on any atom is -0.340 e. The number of hydrogen-bond acceptors (Lipinski definition) is 2. The van der Waals surface area contributed by atoms with Crippen LogP contribution in [0.25, 0.3) is 33.2 Å². The van der Waals surface area contributed by atoms with E-state index in [1.807, 2.05) is 37.4 Å². The van der Waals surface area contributed by atoms with E-state index >= 15 is 0 Å². The molecule has 0 N–H and O–H groups in total. The van der Waals surface area contributed by atoms with Crippen molar-refractivity contribution in [2.45, 2.75) is 39.2 Å². The lowest BCUT2D eigenvalue weighted by Crippen LogP contribution is -1.98. The molecular weight excluding hydrogens is 358 g/mol. The topological polar surface area (TPSA) is 40.6 Å². The van der Waals surface area contributed by atoms with Crippen LogP contribution in [0.2, 0.25) is 0 Å². The van der Waals surface area contributed by atoms with Crippen LogP contribution in [0, 0.1) is 0 Å². The molecule has 2 aromatic carbocycles. The molecule has 0 saturated carbocycles. The number of rotatable bonds is 7. The summed E-state index contributed by atoms with van der Waals surface area (Å²) in [5.41, 5.74) is 4.85. The monoisotopic (exact) mass is 383 g/mol. The van der Waals surface area contributed by atoms with Crippen molar-refractivity contribution in [3.8, 4) is 11.4 Å². The van der Waals surface area contributed by atoms with Crippen molar-refractivity contribution in [1.82, 2.24) is 23.7 Å². The maximum absolute atomic E-state index is 4.20. The van der Waals surface area contributed by atoms with E-state index in [-0.39, 0.29) is 0 Å². The van der Waals surface area contributed by atoms with Gasteiger partial charge in [0.05, 0.1) is 12.7 Å². The molecule has 0 saturated heterocycles. The van der Waals surface area contributed by atoms with Crippen molar-refractivity contribution in [2.75, 3.05) is 0 Å². The second-order valence-electron chi connectivity index (χ2n) is 7.56. The van der Waals surface area contributed by atoms with Gasteiger partial charge in [-0.3, -0.25) is 0 Å². The van der Waals surface area contributed by atoms with Crippen LogP contribution < -0.4 is 0 Å². The Morgan fingerprint density at radius 2 is 1.31 bits per heavy atom. The predicted octanol–water partition coefficient (Wildman–Crippen LogP) is 5.75. The number of unbranched alkanes of at least 4 members (excludes halogenated alkanes) is 3. The van der Waals surface area contributed by atoms with Gasteiger partial charge in [0, 0.05) is 64.5 Å². The maximum atomic E-state index is 4.20. The van der Waals surface area contributed by atoms with Gasteiger partial charge in [0.15, 0.2) is 0 Å². The fourth-order valence-electron chi connectivity index (χ4n) is 4.16. The Labute approximate surface area is 170 Å². The van der Waals surface area contributed by atoms with E-state index < -0.39 is 0 Å². The van der Waals surface area contributed by atoms with Crippen LogP contribution in [-0.4, -0.2) is 23.7 Å². The second-order valence-corrected chi connectivity index (χ2v) is 7.56. The van der Waals surface area contributed by atoms with Gasteiger partial charge in [-0.05, 0) is 42.8 Å². The summed E-state index contributed by atoms with van der Waals surface area (Å²) in [6.45, 7) is 3.31. The van der Waals surface area contributed by atoms with Crippen LogP contribution in [0.5, 0.6) is 0 Å². The van der Waals surface area contributed by atoms with Crippen molar-refractivity contribution in [2.24, 2.45) is 0 Å². The fourth-order valence-corrected chi connectivity index (χ4v) is 4.16. The maximum Gasteiger partial charge on any atom is 0.0991 e. The molecule has 146 valence electrons. The van der Waals surface area contributed by atoms with Gasteiger partial charge in [0.2, 0.25) is 0 Å². The van der Waals surface area contributed by atoms with Gasteiger partial charge < -0.3 is 13.7 Å². The largest absolute Gasteiger partial charge is 0.340 e. The predicted molar refractivity (Wildman–Crippen MR) is 118 cm³/mol. The summed E-state index contributed by atoms with van der Waals surface area (Å²) in [6.07, 6.45) is 16.4.